The molecule has 0 aliphatic carbocycles. The number of piperidine rings is 1. The number of carbonyl (C=O) groups is 1. The third-order valence-electron chi connectivity index (χ3n) is 4.76. The van der Waals surface area contributed by atoms with Crippen LogP contribution in [0.25, 0.3) is 11.0 Å². The predicted octanol–water partition coefficient (Wildman–Crippen LogP) is 2.83. The average molecular weight is 393 g/mol. The van der Waals surface area contributed by atoms with Gasteiger partial charge < -0.3 is 19.0 Å². The van der Waals surface area contributed by atoms with E-state index in [9.17, 15) is 9.59 Å². The Morgan fingerprint density at radius 2 is 1.96 bits per heavy atom. The molecule has 0 N–H and O–H groups in total. The maximum Gasteiger partial charge on any atom is 0.415 e. The molecule has 0 spiro atoms. The predicted molar refractivity (Wildman–Crippen MR) is 92.4 cm³/mol. The van der Waals surface area contributed by atoms with Gasteiger partial charge in [-0.15, -0.1) is 0 Å². The highest BCUT2D eigenvalue weighted by molar-refractivity contribution is 9.10. The Balaban J connectivity index is 1.56. The minimum atomic E-state index is -0.428. The number of fused-ring (bicyclic) bond motifs is 5. The number of hydrogen-bond donors (Lipinski definition) is 0. The van der Waals surface area contributed by atoms with E-state index in [0.29, 0.717) is 27.7 Å². The SMILES string of the molecule is O=C(Oc1ccc2oc(=O)c(Br)cc2c1)N1CCN2CCC1CC2. The molecule has 1 aromatic heterocycles. The molecule has 2 aromatic rings. The van der Waals surface area contributed by atoms with Crippen LogP contribution in [0, 0.1) is 0 Å². The van der Waals surface area contributed by atoms with Crippen LogP contribution in [-0.4, -0.2) is 48.1 Å². The monoisotopic (exact) mass is 392 g/mol. The Morgan fingerprint density at radius 1 is 1.17 bits per heavy atom. The number of hydrogen-bond acceptors (Lipinski definition) is 5. The summed E-state index contributed by atoms with van der Waals surface area (Å²) in [5.74, 6) is 0.451. The molecule has 3 aliphatic heterocycles. The third-order valence-corrected chi connectivity index (χ3v) is 5.31. The summed E-state index contributed by atoms with van der Waals surface area (Å²) in [5, 5.41) is 0.703. The Bertz CT molecular complexity index is 842. The highest BCUT2D eigenvalue weighted by atomic mass is 79.9. The summed E-state index contributed by atoms with van der Waals surface area (Å²) in [4.78, 5) is 28.3. The first-order valence-electron chi connectivity index (χ1n) is 8.04. The minimum Gasteiger partial charge on any atom is -0.422 e. The number of ether oxygens (including phenoxy) is 1. The minimum absolute atomic E-state index is 0.267. The van der Waals surface area contributed by atoms with Crippen molar-refractivity contribution in [1.29, 1.82) is 0 Å². The molecule has 0 saturated carbocycles. The van der Waals surface area contributed by atoms with E-state index in [-0.39, 0.29) is 12.1 Å². The molecular weight excluding hydrogens is 376 g/mol. The molecule has 1 amide bonds. The van der Waals surface area contributed by atoms with Crippen LogP contribution in [0.5, 0.6) is 5.75 Å². The molecular formula is C17H17BrN2O4. The Labute approximate surface area is 147 Å². The summed E-state index contributed by atoms with van der Waals surface area (Å²) in [6, 6.07) is 6.93. The fourth-order valence-electron chi connectivity index (χ4n) is 3.43. The zero-order valence-corrected chi connectivity index (χ0v) is 14.6. The first kappa shape index (κ1) is 15.7. The van der Waals surface area contributed by atoms with Gasteiger partial charge >= 0.3 is 11.7 Å². The molecule has 0 radical (unpaired) electrons. The first-order chi connectivity index (χ1) is 11.6. The third kappa shape index (κ3) is 2.93. The van der Waals surface area contributed by atoms with E-state index >= 15 is 0 Å². The van der Waals surface area contributed by atoms with Gasteiger partial charge in [0, 0.05) is 37.6 Å². The van der Waals surface area contributed by atoms with Crippen molar-refractivity contribution in [2.24, 2.45) is 0 Å². The lowest BCUT2D eigenvalue weighted by molar-refractivity contribution is 0.131. The zero-order valence-electron chi connectivity index (χ0n) is 13.0. The first-order valence-corrected chi connectivity index (χ1v) is 8.84. The molecule has 24 heavy (non-hydrogen) atoms. The number of amides is 1. The summed E-state index contributed by atoms with van der Waals surface area (Å²) in [6.07, 6.45) is 1.70. The van der Waals surface area contributed by atoms with Crippen molar-refractivity contribution in [2.45, 2.75) is 18.9 Å². The highest BCUT2D eigenvalue weighted by Crippen LogP contribution is 2.25. The fraction of sp³-hybridized carbons (Fsp3) is 0.412. The van der Waals surface area contributed by atoms with E-state index in [2.05, 4.69) is 20.8 Å². The molecule has 5 rings (SSSR count). The Hall–Kier alpha value is -1.86. The van der Waals surface area contributed by atoms with Crippen LogP contribution >= 0.6 is 15.9 Å². The molecule has 3 aliphatic rings. The Morgan fingerprint density at radius 3 is 2.75 bits per heavy atom. The maximum absolute atomic E-state index is 12.6. The second-order valence-corrected chi connectivity index (χ2v) is 7.07. The fourth-order valence-corrected chi connectivity index (χ4v) is 3.75. The van der Waals surface area contributed by atoms with Gasteiger partial charge in [0.1, 0.15) is 15.8 Å². The lowest BCUT2D eigenvalue weighted by atomic mass is 10.1. The molecule has 0 atom stereocenters. The number of halogens is 1. The van der Waals surface area contributed by atoms with Crippen LogP contribution in [0.15, 0.2) is 37.9 Å². The van der Waals surface area contributed by atoms with Crippen molar-refractivity contribution in [3.8, 4) is 5.75 Å². The van der Waals surface area contributed by atoms with Crippen molar-refractivity contribution < 1.29 is 13.9 Å². The van der Waals surface area contributed by atoms with Crippen LogP contribution in [0.4, 0.5) is 4.79 Å². The molecule has 3 fully saturated rings. The average Bonchev–Trinajstić information content (AvgIpc) is 2.90. The molecule has 3 saturated heterocycles. The summed E-state index contributed by atoms with van der Waals surface area (Å²) in [6.45, 7) is 3.72. The van der Waals surface area contributed by atoms with Gasteiger partial charge in [-0.05, 0) is 53.0 Å². The van der Waals surface area contributed by atoms with Gasteiger partial charge in [0.15, 0.2) is 0 Å². The van der Waals surface area contributed by atoms with Gasteiger partial charge in [-0.2, -0.15) is 0 Å². The van der Waals surface area contributed by atoms with E-state index in [0.717, 1.165) is 32.5 Å². The molecule has 4 heterocycles. The van der Waals surface area contributed by atoms with Crippen LogP contribution in [-0.2, 0) is 0 Å². The summed E-state index contributed by atoms with van der Waals surface area (Å²) in [5.41, 5.74) is 0.0341. The van der Waals surface area contributed by atoms with Gasteiger partial charge in [0.05, 0.1) is 0 Å². The van der Waals surface area contributed by atoms with Crippen molar-refractivity contribution in [1.82, 2.24) is 9.80 Å². The number of carbonyl (C=O) groups excluding carboxylic acids is 1. The smallest absolute Gasteiger partial charge is 0.415 e. The second-order valence-electron chi connectivity index (χ2n) is 6.22. The maximum atomic E-state index is 12.6. The van der Waals surface area contributed by atoms with Crippen molar-refractivity contribution in [3.05, 3.63) is 39.2 Å². The normalized spacial score (nSPS) is 23.3. The lowest BCUT2D eigenvalue weighted by Crippen LogP contribution is -2.43. The van der Waals surface area contributed by atoms with E-state index < -0.39 is 5.63 Å². The molecule has 7 heteroatoms. The number of benzene rings is 1. The van der Waals surface area contributed by atoms with Gasteiger partial charge in [0.2, 0.25) is 0 Å². The topological polar surface area (TPSA) is 63.0 Å². The van der Waals surface area contributed by atoms with E-state index in [1.807, 2.05) is 4.90 Å². The van der Waals surface area contributed by atoms with E-state index in [4.69, 9.17) is 9.15 Å². The lowest BCUT2D eigenvalue weighted by Gasteiger charge is -2.30. The van der Waals surface area contributed by atoms with Crippen molar-refractivity contribution >= 4 is 33.0 Å². The number of nitrogens with zero attached hydrogens (tertiary/aromatic N) is 2. The molecule has 1 aromatic carbocycles. The summed E-state index contributed by atoms with van der Waals surface area (Å²) in [7, 11) is 0. The van der Waals surface area contributed by atoms with Crippen LogP contribution in [0.3, 0.4) is 0 Å². The van der Waals surface area contributed by atoms with Gasteiger partial charge in [0.25, 0.3) is 0 Å². The molecule has 0 unspecified atom stereocenters. The highest BCUT2D eigenvalue weighted by Gasteiger charge is 2.32. The van der Waals surface area contributed by atoms with Gasteiger partial charge in [-0.3, -0.25) is 0 Å². The second kappa shape index (κ2) is 6.22. The largest absolute Gasteiger partial charge is 0.422 e. The molecule has 6 nitrogen and oxygen atoms in total. The van der Waals surface area contributed by atoms with Crippen molar-refractivity contribution in [2.75, 3.05) is 26.2 Å². The van der Waals surface area contributed by atoms with Crippen LogP contribution < -0.4 is 10.4 Å². The zero-order chi connectivity index (χ0) is 16.7. The van der Waals surface area contributed by atoms with Crippen LogP contribution in [0.2, 0.25) is 0 Å². The summed E-state index contributed by atoms with van der Waals surface area (Å²) >= 11 is 3.16. The molecule has 2 bridgehead atoms. The quantitative estimate of drug-likeness (QED) is 0.698. The Kier molecular flexibility index (Phi) is 4.05. The van der Waals surface area contributed by atoms with Crippen LogP contribution in [0.1, 0.15) is 12.8 Å². The molecule has 126 valence electrons. The van der Waals surface area contributed by atoms with Crippen molar-refractivity contribution in [3.63, 3.8) is 0 Å². The number of rotatable bonds is 1. The van der Waals surface area contributed by atoms with Gasteiger partial charge in [-0.25, -0.2) is 9.59 Å². The van der Waals surface area contributed by atoms with E-state index in [1.54, 1.807) is 24.3 Å². The standard InChI is InChI=1S/C17H17BrN2O4/c18-14-10-11-9-13(1-2-15(11)24-16(14)21)23-17(22)20-8-7-19-5-3-12(20)4-6-19/h1-2,9-10,12H,3-8H2. The van der Waals surface area contributed by atoms with E-state index in [1.165, 1.54) is 0 Å². The summed E-state index contributed by atoms with van der Waals surface area (Å²) < 4.78 is 11.1. The van der Waals surface area contributed by atoms with Gasteiger partial charge in [-0.1, -0.05) is 0 Å².